The van der Waals surface area contributed by atoms with Crippen molar-refractivity contribution < 1.29 is 0 Å². The first-order valence-corrected chi connectivity index (χ1v) is 12.9. The van der Waals surface area contributed by atoms with Gasteiger partial charge in [-0.1, -0.05) is 49.1 Å². The van der Waals surface area contributed by atoms with E-state index in [9.17, 15) is 0 Å². The molecule has 0 unspecified atom stereocenters. The molecule has 3 fully saturated rings. The normalized spacial score (nSPS) is 28.4. The van der Waals surface area contributed by atoms with E-state index in [-0.39, 0.29) is 24.8 Å². The van der Waals surface area contributed by atoms with Gasteiger partial charge < -0.3 is 5.32 Å². The highest BCUT2D eigenvalue weighted by Gasteiger charge is 2.53. The Morgan fingerprint density at radius 1 is 0.939 bits per heavy atom. The van der Waals surface area contributed by atoms with Crippen molar-refractivity contribution in [2.75, 3.05) is 18.4 Å². The minimum atomic E-state index is 0. The van der Waals surface area contributed by atoms with Crippen LogP contribution in [0.3, 0.4) is 0 Å². The van der Waals surface area contributed by atoms with Crippen LogP contribution >= 0.6 is 36.4 Å². The lowest BCUT2D eigenvalue weighted by Gasteiger charge is -2.59. The fourth-order valence-electron chi connectivity index (χ4n) is 7.23. The Labute approximate surface area is 216 Å². The number of nitrogens with zero attached hydrogens (tertiary/aromatic N) is 1. The highest BCUT2D eigenvalue weighted by Crippen LogP contribution is 2.56. The summed E-state index contributed by atoms with van der Waals surface area (Å²) in [5.41, 5.74) is 6.32. The molecule has 180 valence electrons. The van der Waals surface area contributed by atoms with Crippen molar-refractivity contribution in [1.29, 1.82) is 0 Å². The van der Waals surface area contributed by atoms with Gasteiger partial charge in [0.05, 0.1) is 0 Å². The first kappa shape index (κ1) is 25.2. The number of hydrogen-bond acceptors (Lipinski definition) is 2. The van der Waals surface area contributed by atoms with Gasteiger partial charge in [-0.05, 0) is 97.9 Å². The van der Waals surface area contributed by atoms with E-state index < -0.39 is 0 Å². The highest BCUT2D eigenvalue weighted by molar-refractivity contribution is 6.30. The Balaban J connectivity index is 0.00000130. The first-order valence-electron chi connectivity index (χ1n) is 12.6. The van der Waals surface area contributed by atoms with E-state index in [0.29, 0.717) is 5.41 Å². The molecule has 1 N–H and O–H groups in total. The van der Waals surface area contributed by atoms with Gasteiger partial charge in [-0.15, -0.1) is 24.8 Å². The molecule has 1 saturated heterocycles. The van der Waals surface area contributed by atoms with Gasteiger partial charge in [0.25, 0.3) is 0 Å². The van der Waals surface area contributed by atoms with Crippen LogP contribution in [-0.2, 0) is 18.4 Å². The second-order valence-electron chi connectivity index (χ2n) is 10.7. The minimum absolute atomic E-state index is 0. The van der Waals surface area contributed by atoms with Gasteiger partial charge in [-0.3, -0.25) is 4.90 Å². The van der Waals surface area contributed by atoms with Gasteiger partial charge in [-0.25, -0.2) is 0 Å². The van der Waals surface area contributed by atoms with Crippen molar-refractivity contribution in [1.82, 2.24) is 4.90 Å². The van der Waals surface area contributed by atoms with Crippen molar-refractivity contribution in [2.24, 2.45) is 11.8 Å². The first-order chi connectivity index (χ1) is 15.2. The van der Waals surface area contributed by atoms with Crippen molar-refractivity contribution in [2.45, 2.75) is 75.8 Å². The average molecular weight is 508 g/mol. The molecule has 3 aliphatic carbocycles. The summed E-state index contributed by atoms with van der Waals surface area (Å²) in [5.74, 6) is 1.85. The van der Waals surface area contributed by atoms with Gasteiger partial charge in [0.1, 0.15) is 0 Å². The SMILES string of the molecule is Cl.Cl.Clc1ccc(CNc2ccc3c(c2)[C@@]24CCCC[C@H]2[C@@H](C3)N(CC2CCC2)CC4)cc1. The monoisotopic (exact) mass is 506 g/mol. The summed E-state index contributed by atoms with van der Waals surface area (Å²) in [4.78, 5) is 2.92. The number of fused-ring (bicyclic) bond motifs is 1. The summed E-state index contributed by atoms with van der Waals surface area (Å²) in [6, 6.07) is 16.3. The molecule has 1 aliphatic heterocycles. The summed E-state index contributed by atoms with van der Waals surface area (Å²) in [6.07, 6.45) is 12.7. The van der Waals surface area contributed by atoms with E-state index in [4.69, 9.17) is 11.6 Å². The zero-order chi connectivity index (χ0) is 20.8. The molecular formula is C28H37Cl3N2. The van der Waals surface area contributed by atoms with E-state index in [1.807, 2.05) is 12.1 Å². The molecular weight excluding hydrogens is 471 g/mol. The summed E-state index contributed by atoms with van der Waals surface area (Å²) in [7, 11) is 0. The molecule has 2 bridgehead atoms. The molecule has 0 amide bonds. The molecule has 33 heavy (non-hydrogen) atoms. The molecule has 1 heterocycles. The van der Waals surface area contributed by atoms with Crippen LogP contribution in [0, 0.1) is 11.8 Å². The van der Waals surface area contributed by atoms with Crippen LogP contribution < -0.4 is 5.32 Å². The van der Waals surface area contributed by atoms with Gasteiger partial charge in [0, 0.05) is 35.3 Å². The van der Waals surface area contributed by atoms with Crippen LogP contribution in [0.1, 0.15) is 68.1 Å². The lowest BCUT2D eigenvalue weighted by Crippen LogP contribution is -2.61. The number of rotatable bonds is 5. The maximum atomic E-state index is 6.05. The zero-order valence-electron chi connectivity index (χ0n) is 19.4. The fourth-order valence-corrected chi connectivity index (χ4v) is 7.36. The quantitative estimate of drug-likeness (QED) is 0.447. The number of piperidine rings is 1. The Morgan fingerprint density at radius 2 is 1.76 bits per heavy atom. The molecule has 2 aromatic rings. The van der Waals surface area contributed by atoms with E-state index in [0.717, 1.165) is 29.4 Å². The number of nitrogens with one attached hydrogen (secondary N) is 1. The summed E-state index contributed by atoms with van der Waals surface area (Å²) >= 11 is 6.05. The molecule has 0 spiro atoms. The smallest absolute Gasteiger partial charge is 0.0406 e. The predicted molar refractivity (Wildman–Crippen MR) is 144 cm³/mol. The number of benzene rings is 2. The Bertz CT molecular complexity index is 943. The van der Waals surface area contributed by atoms with Gasteiger partial charge in [-0.2, -0.15) is 0 Å². The van der Waals surface area contributed by atoms with Crippen LogP contribution in [0.25, 0.3) is 0 Å². The van der Waals surface area contributed by atoms with Crippen LogP contribution in [0.5, 0.6) is 0 Å². The Kier molecular flexibility index (Phi) is 7.90. The molecule has 2 aromatic carbocycles. The predicted octanol–water partition coefficient (Wildman–Crippen LogP) is 7.65. The largest absolute Gasteiger partial charge is 0.381 e. The van der Waals surface area contributed by atoms with Crippen molar-refractivity contribution in [3.63, 3.8) is 0 Å². The Hall–Kier alpha value is -0.930. The van der Waals surface area contributed by atoms with Crippen LogP contribution in [0.2, 0.25) is 5.02 Å². The molecule has 2 saturated carbocycles. The summed E-state index contributed by atoms with van der Waals surface area (Å²) in [6.45, 7) is 3.54. The fraction of sp³-hybridized carbons (Fsp3) is 0.571. The third-order valence-electron chi connectivity index (χ3n) is 9.08. The van der Waals surface area contributed by atoms with Gasteiger partial charge in [0.2, 0.25) is 0 Å². The van der Waals surface area contributed by atoms with Crippen molar-refractivity contribution in [3.05, 3.63) is 64.2 Å². The summed E-state index contributed by atoms with van der Waals surface area (Å²) < 4.78 is 0. The average Bonchev–Trinajstić information content (AvgIpc) is 2.77. The summed E-state index contributed by atoms with van der Waals surface area (Å²) in [5, 5.41) is 4.50. The van der Waals surface area contributed by atoms with Crippen molar-refractivity contribution >= 4 is 42.1 Å². The maximum Gasteiger partial charge on any atom is 0.0406 e. The highest BCUT2D eigenvalue weighted by atomic mass is 35.5. The number of hydrogen-bond donors (Lipinski definition) is 1. The van der Waals surface area contributed by atoms with Gasteiger partial charge >= 0.3 is 0 Å². The zero-order valence-corrected chi connectivity index (χ0v) is 21.8. The number of anilines is 1. The third kappa shape index (κ3) is 4.66. The van der Waals surface area contributed by atoms with Gasteiger partial charge in [0.15, 0.2) is 0 Å². The lowest BCUT2D eigenvalue weighted by molar-refractivity contribution is -0.0239. The minimum Gasteiger partial charge on any atom is -0.381 e. The van der Waals surface area contributed by atoms with E-state index in [1.54, 1.807) is 11.1 Å². The second kappa shape index (κ2) is 10.4. The number of halogens is 3. The molecule has 6 rings (SSSR count). The molecule has 5 heteroatoms. The lowest BCUT2D eigenvalue weighted by atomic mass is 9.52. The standard InChI is InChI=1S/C28H35ClN2.2ClH/c29-23-10-7-20(8-11-23)18-30-24-12-9-22-16-27-25-6-1-2-13-28(25,26(22)17-24)14-15-31(27)19-21-4-3-5-21;;/h7-12,17,21,25,27,30H,1-6,13-16,18-19H2;2*1H/t25-,27+,28+;;/m0../s1. The van der Waals surface area contributed by atoms with Crippen LogP contribution in [0.4, 0.5) is 5.69 Å². The topological polar surface area (TPSA) is 15.3 Å². The second-order valence-corrected chi connectivity index (χ2v) is 11.1. The third-order valence-corrected chi connectivity index (χ3v) is 9.33. The van der Waals surface area contributed by atoms with Crippen LogP contribution in [0.15, 0.2) is 42.5 Å². The molecule has 4 aliphatic rings. The van der Waals surface area contributed by atoms with Crippen molar-refractivity contribution in [3.8, 4) is 0 Å². The van der Waals surface area contributed by atoms with E-state index in [1.165, 1.54) is 82.1 Å². The molecule has 3 atom stereocenters. The maximum absolute atomic E-state index is 6.05. The van der Waals surface area contributed by atoms with E-state index in [2.05, 4.69) is 40.5 Å². The number of likely N-dealkylation sites (tertiary alicyclic amines) is 1. The van der Waals surface area contributed by atoms with E-state index >= 15 is 0 Å². The Morgan fingerprint density at radius 3 is 2.52 bits per heavy atom. The van der Waals surface area contributed by atoms with Crippen LogP contribution in [-0.4, -0.2) is 24.0 Å². The molecule has 0 aromatic heterocycles. The molecule has 0 radical (unpaired) electrons. The molecule has 2 nitrogen and oxygen atoms in total.